The van der Waals surface area contributed by atoms with Crippen molar-refractivity contribution >= 4 is 83.1 Å². The molecule has 27 heteroatoms. The Labute approximate surface area is 354 Å². The quantitative estimate of drug-likeness (QED) is 0.0156. The van der Waals surface area contributed by atoms with Crippen molar-refractivity contribution in [3.05, 3.63) is 70.0 Å². The molecule has 0 aliphatic heterocycles. The smallest absolute Gasteiger partial charge is 0.296 e. The Morgan fingerprint density at radius 2 is 1.39 bits per heavy atom. The van der Waals surface area contributed by atoms with Gasteiger partial charge in [-0.1, -0.05) is 5.04 Å². The SMILES string of the molecule is CCOc1cc(N=Nc2c(SOOO)cc3cc(S(=O)(=O)O)cc(O)c3c2O)c(OCC)cc1N=Nc1ccc(N=Nc2c(C)c(C(N)=O)c(=O)n(CC)c2O)cc1S(=O)(=O)O. The predicted molar refractivity (Wildman–Crippen MR) is 217 cm³/mol. The number of carbonyl (C=O) groups excluding carboxylic acids is 1. The first kappa shape index (κ1) is 46.5. The van der Waals surface area contributed by atoms with Crippen LogP contribution in [0.1, 0.15) is 36.7 Å². The maximum atomic E-state index is 12.6. The highest BCUT2D eigenvalue weighted by Gasteiger charge is 2.24. The summed E-state index contributed by atoms with van der Waals surface area (Å²) in [5, 5.41) is 68.7. The monoisotopic (exact) mass is 918 g/mol. The summed E-state index contributed by atoms with van der Waals surface area (Å²) in [4.78, 5) is 23.0. The zero-order valence-electron chi connectivity index (χ0n) is 32.4. The highest BCUT2D eigenvalue weighted by molar-refractivity contribution is 7.94. The molecule has 0 spiro atoms. The van der Waals surface area contributed by atoms with E-state index in [9.17, 15) is 50.8 Å². The largest absolute Gasteiger partial charge is 0.507 e. The van der Waals surface area contributed by atoms with Crippen LogP contribution in [0.15, 0.2) is 98.7 Å². The van der Waals surface area contributed by atoms with Crippen molar-refractivity contribution in [2.75, 3.05) is 13.2 Å². The van der Waals surface area contributed by atoms with Gasteiger partial charge in [-0.05, 0) is 63.4 Å². The van der Waals surface area contributed by atoms with Gasteiger partial charge in [0.1, 0.15) is 56.1 Å². The first-order valence-electron chi connectivity index (χ1n) is 17.5. The maximum absolute atomic E-state index is 12.6. The van der Waals surface area contributed by atoms with Crippen molar-refractivity contribution in [1.29, 1.82) is 0 Å². The zero-order chi connectivity index (χ0) is 45.7. The van der Waals surface area contributed by atoms with Gasteiger partial charge in [0.05, 0.1) is 46.1 Å². The van der Waals surface area contributed by atoms with Crippen LogP contribution >= 0.6 is 12.0 Å². The number of carbonyl (C=O) groups is 1. The van der Waals surface area contributed by atoms with Gasteiger partial charge in [-0.3, -0.25) is 23.3 Å². The second-order valence-corrected chi connectivity index (χ2v) is 15.8. The fraction of sp³-hybridized carbons (Fsp3) is 0.200. The maximum Gasteiger partial charge on any atom is 0.296 e. The number of fused-ring (bicyclic) bond motifs is 1. The Morgan fingerprint density at radius 3 is 1.94 bits per heavy atom. The summed E-state index contributed by atoms with van der Waals surface area (Å²) in [6.07, 6.45) is 0. The van der Waals surface area contributed by atoms with Crippen LogP contribution < -0.4 is 20.8 Å². The van der Waals surface area contributed by atoms with E-state index in [1.807, 2.05) is 0 Å². The van der Waals surface area contributed by atoms with Gasteiger partial charge in [0.25, 0.3) is 31.7 Å². The fourth-order valence-corrected chi connectivity index (χ4v) is 7.39. The molecule has 0 fully saturated rings. The van der Waals surface area contributed by atoms with E-state index < -0.39 is 64.4 Å². The number of azo groups is 3. The van der Waals surface area contributed by atoms with E-state index in [0.717, 1.165) is 22.8 Å². The lowest BCUT2D eigenvalue weighted by atomic mass is 10.1. The van der Waals surface area contributed by atoms with Crippen molar-refractivity contribution in [3.63, 3.8) is 0 Å². The van der Waals surface area contributed by atoms with Gasteiger partial charge in [-0.2, -0.15) is 21.9 Å². The number of ether oxygens (including phenoxy) is 2. The minimum absolute atomic E-state index is 0.00285. The lowest BCUT2D eigenvalue weighted by Crippen LogP contribution is -2.30. The Hall–Kier alpha value is -6.59. The topological polar surface area (TPSA) is 366 Å². The number of rotatable bonds is 17. The van der Waals surface area contributed by atoms with Gasteiger partial charge >= 0.3 is 0 Å². The molecule has 0 saturated heterocycles. The van der Waals surface area contributed by atoms with E-state index in [2.05, 4.69) is 40.1 Å². The number of nitrogens with zero attached hydrogens (tertiary/aromatic N) is 7. The number of benzene rings is 4. The van der Waals surface area contributed by atoms with Crippen LogP contribution in [0.4, 0.5) is 34.1 Å². The van der Waals surface area contributed by atoms with Gasteiger partial charge in [-0.25, -0.2) is 5.26 Å². The van der Waals surface area contributed by atoms with Gasteiger partial charge < -0.3 is 30.5 Å². The molecule has 0 saturated carbocycles. The molecule has 5 aromatic rings. The number of phenolic OH excluding ortho intramolecular Hbond substituents is 2. The average Bonchev–Trinajstić information content (AvgIpc) is 3.19. The molecule has 0 aliphatic carbocycles. The minimum atomic E-state index is -5.01. The number of amides is 1. The molecule has 24 nitrogen and oxygen atoms in total. The van der Waals surface area contributed by atoms with Gasteiger partial charge in [0, 0.05) is 30.3 Å². The van der Waals surface area contributed by atoms with Crippen molar-refractivity contribution < 1.29 is 70.2 Å². The van der Waals surface area contributed by atoms with E-state index >= 15 is 0 Å². The van der Waals surface area contributed by atoms with Crippen molar-refractivity contribution in [2.24, 2.45) is 36.4 Å². The lowest BCUT2D eigenvalue weighted by Gasteiger charge is -2.13. The van der Waals surface area contributed by atoms with Crippen LogP contribution in [0.2, 0.25) is 0 Å². The summed E-state index contributed by atoms with van der Waals surface area (Å²) in [5.41, 5.74) is 2.66. The Kier molecular flexibility index (Phi) is 14.2. The fourth-order valence-electron chi connectivity index (χ4n) is 5.72. The third-order valence-electron chi connectivity index (χ3n) is 8.42. The molecule has 5 rings (SSSR count). The summed E-state index contributed by atoms with van der Waals surface area (Å²) < 4.78 is 85.0. The Morgan fingerprint density at radius 1 is 0.790 bits per heavy atom. The number of hydrogen-bond acceptors (Lipinski definition) is 21. The number of aromatic hydroxyl groups is 3. The van der Waals surface area contributed by atoms with Crippen LogP contribution in [0.5, 0.6) is 28.9 Å². The first-order valence-corrected chi connectivity index (χ1v) is 21.1. The summed E-state index contributed by atoms with van der Waals surface area (Å²) in [6.45, 7) is 6.16. The van der Waals surface area contributed by atoms with Gasteiger partial charge in [0.15, 0.2) is 5.75 Å². The molecule has 328 valence electrons. The van der Waals surface area contributed by atoms with Crippen molar-refractivity contribution in [1.82, 2.24) is 4.57 Å². The van der Waals surface area contributed by atoms with E-state index in [-0.39, 0.29) is 86.6 Å². The van der Waals surface area contributed by atoms with E-state index in [1.165, 1.54) is 38.1 Å². The van der Waals surface area contributed by atoms with Crippen LogP contribution in [0, 0.1) is 6.92 Å². The number of hydrogen-bond donors (Lipinski definition) is 7. The molecule has 62 heavy (non-hydrogen) atoms. The van der Waals surface area contributed by atoms with E-state index in [0.29, 0.717) is 18.1 Å². The summed E-state index contributed by atoms with van der Waals surface area (Å²) in [5.74, 6) is -3.21. The molecule has 4 aromatic carbocycles. The van der Waals surface area contributed by atoms with Crippen LogP contribution in [0.25, 0.3) is 10.8 Å². The van der Waals surface area contributed by atoms with Crippen LogP contribution in [-0.4, -0.2) is 70.2 Å². The Bertz CT molecular complexity index is 2980. The third-order valence-corrected chi connectivity index (χ3v) is 10.8. The standard InChI is InChI=1S/C35H34N8O16S3/c1-5-43-34(47)28(33(36)46)16(4)30(35(43)48)41-37-18-8-9-20(27(12-18)62(53,54)55)38-39-21-14-25(57-7-3)22(15-24(21)56-6-2)40-42-31-26(60-59-58-49)11-17-10-19(61(50,51)52)13-23(44)29(17)32(31)45/h8-15,44-45,48-49H,5-7H2,1-4H3,(H2,36,46)(H,50,51,52)(H,53,54,55). The number of pyridine rings is 1. The predicted octanol–water partition coefficient (Wildman–Crippen LogP) is 7.51. The highest BCUT2D eigenvalue weighted by atomic mass is 32.2. The molecule has 8 N–H and O–H groups in total. The Balaban J connectivity index is 1.58. The van der Waals surface area contributed by atoms with E-state index in [4.69, 9.17) is 20.5 Å². The molecule has 1 amide bonds. The molecular weight excluding hydrogens is 885 g/mol. The number of primary amides is 1. The minimum Gasteiger partial charge on any atom is -0.507 e. The molecule has 0 aliphatic rings. The number of aromatic nitrogens is 1. The molecule has 0 bridgehead atoms. The number of phenols is 2. The number of nitrogens with two attached hydrogens (primary N) is 1. The molecular formula is C35H34N8O16S3. The molecule has 0 atom stereocenters. The van der Waals surface area contributed by atoms with Crippen molar-refractivity contribution in [3.8, 4) is 28.9 Å². The average molecular weight is 919 g/mol. The highest BCUT2D eigenvalue weighted by Crippen LogP contribution is 2.49. The van der Waals surface area contributed by atoms with Gasteiger partial charge in [0.2, 0.25) is 5.88 Å². The molecule has 0 radical (unpaired) electrons. The molecule has 0 unspecified atom stereocenters. The molecule has 1 aromatic heterocycles. The van der Waals surface area contributed by atoms with Crippen molar-refractivity contribution in [2.45, 2.75) is 48.9 Å². The zero-order valence-corrected chi connectivity index (χ0v) is 34.9. The third kappa shape index (κ3) is 9.95. The molecule has 1 heterocycles. The summed E-state index contributed by atoms with van der Waals surface area (Å²) in [7, 11) is -9.80. The summed E-state index contributed by atoms with van der Waals surface area (Å²) >= 11 is 0.301. The van der Waals surface area contributed by atoms with Crippen LogP contribution in [-0.2, 0) is 36.2 Å². The second-order valence-electron chi connectivity index (χ2n) is 12.3. The normalized spacial score (nSPS) is 12.3. The van der Waals surface area contributed by atoms with Crippen LogP contribution in [0.3, 0.4) is 0 Å². The second kappa shape index (κ2) is 19.0. The van der Waals surface area contributed by atoms with E-state index in [1.54, 1.807) is 13.8 Å². The first-order chi connectivity index (χ1) is 29.2. The van der Waals surface area contributed by atoms with Gasteiger partial charge in [-0.15, -0.1) is 29.9 Å². The lowest BCUT2D eigenvalue weighted by molar-refractivity contribution is -0.432. The summed E-state index contributed by atoms with van der Waals surface area (Å²) in [6, 6.07) is 8.67.